The molecule has 5 nitrogen and oxygen atoms in total. The van der Waals surface area contributed by atoms with Crippen LogP contribution in [0.25, 0.3) is 0 Å². The zero-order valence-electron chi connectivity index (χ0n) is 15.0. The van der Waals surface area contributed by atoms with Crippen molar-refractivity contribution >= 4 is 5.97 Å². The number of hydrogen-bond acceptors (Lipinski definition) is 4. The highest BCUT2D eigenvalue weighted by molar-refractivity contribution is 5.67. The first-order valence-corrected chi connectivity index (χ1v) is 8.88. The summed E-state index contributed by atoms with van der Waals surface area (Å²) in [5.74, 6) is -1.09. The van der Waals surface area contributed by atoms with Crippen LogP contribution in [0.15, 0.2) is 48.6 Å². The Balaban J connectivity index is 3.93. The second-order valence-electron chi connectivity index (χ2n) is 5.98. The Morgan fingerprint density at radius 1 is 0.920 bits per heavy atom. The van der Waals surface area contributed by atoms with Gasteiger partial charge >= 0.3 is 5.97 Å². The first kappa shape index (κ1) is 23.3. The summed E-state index contributed by atoms with van der Waals surface area (Å²) >= 11 is 0. The summed E-state index contributed by atoms with van der Waals surface area (Å²) in [5, 5.41) is 37.3. The minimum Gasteiger partial charge on any atom is -0.481 e. The Morgan fingerprint density at radius 3 is 2.16 bits per heavy atom. The van der Waals surface area contributed by atoms with Gasteiger partial charge < -0.3 is 20.4 Å². The van der Waals surface area contributed by atoms with Gasteiger partial charge in [-0.25, -0.2) is 0 Å². The SMILES string of the molecule is CCCCCC=CCC(O)C=CC=CC=CC(O)CC(O)CC(=O)O. The molecule has 0 heterocycles. The molecule has 5 heteroatoms. The van der Waals surface area contributed by atoms with Crippen LogP contribution >= 0.6 is 0 Å². The van der Waals surface area contributed by atoms with Crippen LogP contribution in [0, 0.1) is 0 Å². The molecule has 0 aromatic carbocycles. The van der Waals surface area contributed by atoms with E-state index >= 15 is 0 Å². The molecule has 0 saturated heterocycles. The molecule has 0 aromatic heterocycles. The van der Waals surface area contributed by atoms with Crippen molar-refractivity contribution in [1.82, 2.24) is 0 Å². The normalized spacial score (nSPS) is 16.3. The average Bonchev–Trinajstić information content (AvgIpc) is 2.53. The minimum atomic E-state index is -1.09. The lowest BCUT2D eigenvalue weighted by molar-refractivity contribution is -0.139. The molecule has 0 fully saturated rings. The predicted molar refractivity (Wildman–Crippen MR) is 100 cm³/mol. The summed E-state index contributed by atoms with van der Waals surface area (Å²) in [6, 6.07) is 0. The van der Waals surface area contributed by atoms with Crippen molar-refractivity contribution in [3.05, 3.63) is 48.6 Å². The third-order valence-corrected chi connectivity index (χ3v) is 3.44. The molecule has 0 aliphatic rings. The molecule has 3 atom stereocenters. The van der Waals surface area contributed by atoms with Gasteiger partial charge in [-0.2, -0.15) is 0 Å². The lowest BCUT2D eigenvalue weighted by atomic mass is 10.1. The van der Waals surface area contributed by atoms with E-state index in [0.717, 1.165) is 6.42 Å². The van der Waals surface area contributed by atoms with Crippen LogP contribution in [0.4, 0.5) is 0 Å². The Morgan fingerprint density at radius 2 is 1.56 bits per heavy atom. The zero-order chi connectivity index (χ0) is 18.9. The maximum Gasteiger partial charge on any atom is 0.305 e. The molecular weight excluding hydrogens is 320 g/mol. The molecule has 0 aliphatic heterocycles. The van der Waals surface area contributed by atoms with Gasteiger partial charge in [-0.1, -0.05) is 68.4 Å². The van der Waals surface area contributed by atoms with Gasteiger partial charge in [0.25, 0.3) is 0 Å². The van der Waals surface area contributed by atoms with Crippen molar-refractivity contribution in [3.63, 3.8) is 0 Å². The van der Waals surface area contributed by atoms with Crippen LogP contribution in [0.2, 0.25) is 0 Å². The number of unbranched alkanes of at least 4 members (excludes halogenated alkanes) is 3. The first-order chi connectivity index (χ1) is 12.0. The van der Waals surface area contributed by atoms with E-state index in [9.17, 15) is 20.1 Å². The lowest BCUT2D eigenvalue weighted by Crippen LogP contribution is -2.19. The summed E-state index contributed by atoms with van der Waals surface area (Å²) in [6.45, 7) is 2.17. The van der Waals surface area contributed by atoms with Gasteiger partial charge in [-0.15, -0.1) is 0 Å². The highest BCUT2D eigenvalue weighted by Crippen LogP contribution is 2.04. The van der Waals surface area contributed by atoms with Crippen LogP contribution in [0.1, 0.15) is 51.9 Å². The van der Waals surface area contributed by atoms with Crippen molar-refractivity contribution in [2.45, 2.75) is 70.2 Å². The van der Waals surface area contributed by atoms with Gasteiger partial charge in [-0.05, 0) is 19.3 Å². The number of aliphatic carboxylic acids is 1. The number of hydrogen-bond donors (Lipinski definition) is 4. The number of carboxylic acids is 1. The van der Waals surface area contributed by atoms with Crippen molar-refractivity contribution in [2.75, 3.05) is 0 Å². The number of aliphatic hydroxyl groups is 3. The van der Waals surface area contributed by atoms with Crippen LogP contribution in [0.5, 0.6) is 0 Å². The Labute approximate surface area is 150 Å². The van der Waals surface area contributed by atoms with Crippen molar-refractivity contribution in [1.29, 1.82) is 0 Å². The van der Waals surface area contributed by atoms with Crippen molar-refractivity contribution in [3.8, 4) is 0 Å². The van der Waals surface area contributed by atoms with Gasteiger partial charge in [0.2, 0.25) is 0 Å². The molecular formula is C20H32O5. The highest BCUT2D eigenvalue weighted by Gasteiger charge is 2.12. The van der Waals surface area contributed by atoms with E-state index in [0.29, 0.717) is 6.42 Å². The zero-order valence-corrected chi connectivity index (χ0v) is 15.0. The molecule has 0 saturated carbocycles. The van der Waals surface area contributed by atoms with E-state index in [1.54, 1.807) is 30.4 Å². The number of carboxylic acid groups (broad SMARTS) is 1. The summed E-state index contributed by atoms with van der Waals surface area (Å²) in [4.78, 5) is 10.4. The Hall–Kier alpha value is -1.69. The summed E-state index contributed by atoms with van der Waals surface area (Å²) < 4.78 is 0. The van der Waals surface area contributed by atoms with E-state index in [4.69, 9.17) is 5.11 Å². The van der Waals surface area contributed by atoms with E-state index in [1.807, 2.05) is 6.08 Å². The van der Waals surface area contributed by atoms with Gasteiger partial charge in [0.05, 0.1) is 24.7 Å². The average molecular weight is 352 g/mol. The second-order valence-corrected chi connectivity index (χ2v) is 5.98. The fourth-order valence-corrected chi connectivity index (χ4v) is 2.10. The van der Waals surface area contributed by atoms with E-state index in [1.165, 1.54) is 25.3 Å². The van der Waals surface area contributed by atoms with E-state index < -0.39 is 24.3 Å². The van der Waals surface area contributed by atoms with Gasteiger partial charge in [0.15, 0.2) is 0 Å². The monoisotopic (exact) mass is 352 g/mol. The standard InChI is InChI=1S/C20H32O5/c1-2-3-4-5-6-9-12-17(21)13-10-7-8-11-14-18(22)15-19(23)16-20(24)25/h6-11,13-14,17-19,21-23H,2-5,12,15-16H2,1H3,(H,24,25). The minimum absolute atomic E-state index is 0.0181. The molecule has 25 heavy (non-hydrogen) atoms. The van der Waals surface area contributed by atoms with Gasteiger partial charge in [0.1, 0.15) is 0 Å². The van der Waals surface area contributed by atoms with E-state index in [2.05, 4.69) is 13.0 Å². The molecule has 0 aromatic rings. The number of carbonyl (C=O) groups is 1. The molecule has 0 aliphatic carbocycles. The van der Waals surface area contributed by atoms with Crippen LogP contribution in [-0.4, -0.2) is 44.7 Å². The molecule has 3 unspecified atom stereocenters. The Kier molecular flexibility index (Phi) is 14.7. The molecule has 4 N–H and O–H groups in total. The fraction of sp³-hybridized carbons (Fsp3) is 0.550. The predicted octanol–water partition coefficient (Wildman–Crippen LogP) is 3.13. The topological polar surface area (TPSA) is 98.0 Å². The summed E-state index contributed by atoms with van der Waals surface area (Å²) in [5.41, 5.74) is 0. The second kappa shape index (κ2) is 15.8. The van der Waals surface area contributed by atoms with Gasteiger partial charge in [0, 0.05) is 6.42 Å². The molecule has 0 rings (SSSR count). The molecule has 0 spiro atoms. The smallest absolute Gasteiger partial charge is 0.305 e. The van der Waals surface area contributed by atoms with E-state index in [-0.39, 0.29) is 12.8 Å². The molecule has 0 radical (unpaired) electrons. The quantitative estimate of drug-likeness (QED) is 0.219. The summed E-state index contributed by atoms with van der Waals surface area (Å²) in [6.07, 6.45) is 16.4. The molecule has 0 bridgehead atoms. The van der Waals surface area contributed by atoms with Crippen molar-refractivity contribution < 1.29 is 25.2 Å². The van der Waals surface area contributed by atoms with Crippen molar-refractivity contribution in [2.24, 2.45) is 0 Å². The summed E-state index contributed by atoms with van der Waals surface area (Å²) in [7, 11) is 0. The number of aliphatic hydroxyl groups excluding tert-OH is 3. The number of allylic oxidation sites excluding steroid dienone is 5. The fourth-order valence-electron chi connectivity index (χ4n) is 2.10. The molecule has 142 valence electrons. The van der Waals surface area contributed by atoms with Crippen LogP contribution < -0.4 is 0 Å². The largest absolute Gasteiger partial charge is 0.481 e. The van der Waals surface area contributed by atoms with Crippen LogP contribution in [-0.2, 0) is 4.79 Å². The van der Waals surface area contributed by atoms with Crippen LogP contribution in [0.3, 0.4) is 0 Å². The first-order valence-electron chi connectivity index (χ1n) is 8.88. The number of rotatable bonds is 14. The third-order valence-electron chi connectivity index (χ3n) is 3.44. The maximum atomic E-state index is 10.4. The highest BCUT2D eigenvalue weighted by atomic mass is 16.4. The maximum absolute atomic E-state index is 10.4. The molecule has 0 amide bonds. The Bertz CT molecular complexity index is 451. The third kappa shape index (κ3) is 16.9. The van der Waals surface area contributed by atoms with Gasteiger partial charge in [-0.3, -0.25) is 4.79 Å². The lowest BCUT2D eigenvalue weighted by Gasteiger charge is -2.10.